The number of hydrogen-bond donors (Lipinski definition) is 2. The lowest BCUT2D eigenvalue weighted by Crippen LogP contribution is -2.27. The van der Waals surface area contributed by atoms with Crippen molar-refractivity contribution in [2.75, 3.05) is 18.9 Å². The highest BCUT2D eigenvalue weighted by molar-refractivity contribution is 7.17. The highest BCUT2D eigenvalue weighted by atomic mass is 32.1. The molecule has 0 radical (unpaired) electrons. The molecule has 2 amide bonds. The zero-order valence-electron chi connectivity index (χ0n) is 16.6. The molecular formula is C19H24F3N5O2S. The van der Waals surface area contributed by atoms with E-state index in [2.05, 4.69) is 10.3 Å². The summed E-state index contributed by atoms with van der Waals surface area (Å²) in [6.45, 7) is -0.604. The summed E-state index contributed by atoms with van der Waals surface area (Å²) in [6, 6.07) is 0. The van der Waals surface area contributed by atoms with Crippen LogP contribution in [0, 0.1) is 0 Å². The zero-order chi connectivity index (χ0) is 21.9. The largest absolute Gasteiger partial charge is 0.406 e. The number of carbonyl (C=O) groups is 2. The standard InChI is InChI=1S/C19H24F3N5O2S/c1-26(10-14-24-7-9-27(14)11-19(20,21)22)8-6-15(28)25-18-16(17(23)29)12-4-2-3-5-13(12)30-18/h7,9H,2-6,8,10-11H2,1H3,(H2,23,29)(H,25,28). The number of aryl methyl sites for hydroxylation is 1. The lowest BCUT2D eigenvalue weighted by Gasteiger charge is -2.17. The Balaban J connectivity index is 1.56. The van der Waals surface area contributed by atoms with Crippen molar-refractivity contribution in [1.29, 1.82) is 0 Å². The summed E-state index contributed by atoms with van der Waals surface area (Å²) in [5, 5.41) is 3.28. The number of nitrogens with zero attached hydrogens (tertiary/aromatic N) is 3. The van der Waals surface area contributed by atoms with Crippen molar-refractivity contribution in [2.45, 2.75) is 51.4 Å². The molecule has 0 saturated carbocycles. The van der Waals surface area contributed by atoms with Crippen molar-refractivity contribution in [1.82, 2.24) is 14.5 Å². The van der Waals surface area contributed by atoms with Gasteiger partial charge in [0.25, 0.3) is 5.91 Å². The molecule has 2 aromatic rings. The Kier molecular flexibility index (Phi) is 6.81. The van der Waals surface area contributed by atoms with Crippen LogP contribution in [0.1, 0.15) is 45.9 Å². The van der Waals surface area contributed by atoms with Crippen molar-refractivity contribution in [3.05, 3.63) is 34.2 Å². The lowest BCUT2D eigenvalue weighted by atomic mass is 9.95. The van der Waals surface area contributed by atoms with Gasteiger partial charge in [-0.3, -0.25) is 14.5 Å². The fourth-order valence-corrected chi connectivity index (χ4v) is 4.86. The van der Waals surface area contributed by atoms with E-state index in [0.29, 0.717) is 17.1 Å². The van der Waals surface area contributed by atoms with Gasteiger partial charge in [0, 0.05) is 30.2 Å². The highest BCUT2D eigenvalue weighted by Gasteiger charge is 2.29. The number of amides is 2. The first kappa shape index (κ1) is 22.3. The Hall–Kier alpha value is -2.40. The van der Waals surface area contributed by atoms with E-state index >= 15 is 0 Å². The fourth-order valence-electron chi connectivity index (χ4n) is 3.55. The number of nitrogens with two attached hydrogens (primary N) is 1. The fraction of sp³-hybridized carbons (Fsp3) is 0.526. The van der Waals surface area contributed by atoms with Gasteiger partial charge >= 0.3 is 6.18 Å². The van der Waals surface area contributed by atoms with Gasteiger partial charge in [0.05, 0.1) is 12.1 Å². The minimum Gasteiger partial charge on any atom is -0.365 e. The quantitative estimate of drug-likeness (QED) is 0.656. The molecule has 0 saturated heterocycles. The number of thiophene rings is 1. The topological polar surface area (TPSA) is 93.2 Å². The highest BCUT2D eigenvalue weighted by Crippen LogP contribution is 2.37. The van der Waals surface area contributed by atoms with E-state index in [9.17, 15) is 22.8 Å². The molecule has 3 N–H and O–H groups in total. The average molecular weight is 443 g/mol. The van der Waals surface area contributed by atoms with E-state index in [0.717, 1.165) is 40.7 Å². The smallest absolute Gasteiger partial charge is 0.365 e. The maximum absolute atomic E-state index is 12.6. The summed E-state index contributed by atoms with van der Waals surface area (Å²) in [7, 11) is 1.71. The summed E-state index contributed by atoms with van der Waals surface area (Å²) in [5.74, 6) is -0.544. The Morgan fingerprint density at radius 1 is 1.33 bits per heavy atom. The van der Waals surface area contributed by atoms with E-state index in [-0.39, 0.29) is 24.7 Å². The summed E-state index contributed by atoms with van der Waals surface area (Å²) >= 11 is 1.40. The Labute approximate surface area is 176 Å². The number of carbonyl (C=O) groups excluding carboxylic acids is 2. The van der Waals surface area contributed by atoms with Gasteiger partial charge in [-0.2, -0.15) is 13.2 Å². The van der Waals surface area contributed by atoms with Gasteiger partial charge in [-0.15, -0.1) is 11.3 Å². The molecule has 0 aliphatic heterocycles. The van der Waals surface area contributed by atoms with Crippen LogP contribution in [0.2, 0.25) is 0 Å². The third-order valence-corrected chi connectivity index (χ3v) is 6.16. The summed E-state index contributed by atoms with van der Waals surface area (Å²) in [6.07, 6.45) is 2.11. The minimum absolute atomic E-state index is 0.122. The second-order valence-corrected chi connectivity index (χ2v) is 8.51. The predicted octanol–water partition coefficient (Wildman–Crippen LogP) is 2.95. The molecule has 0 unspecified atom stereocenters. The number of fused-ring (bicyclic) bond motifs is 1. The van der Waals surface area contributed by atoms with Gasteiger partial charge in [0.2, 0.25) is 5.91 Å². The molecule has 0 spiro atoms. The van der Waals surface area contributed by atoms with Crippen LogP contribution in [-0.4, -0.2) is 46.0 Å². The van der Waals surface area contributed by atoms with E-state index in [1.54, 1.807) is 11.9 Å². The summed E-state index contributed by atoms with van der Waals surface area (Å²) in [4.78, 5) is 31.1. The van der Waals surface area contributed by atoms with Crippen molar-refractivity contribution in [3.8, 4) is 0 Å². The molecule has 164 valence electrons. The second-order valence-electron chi connectivity index (χ2n) is 7.40. The molecule has 0 atom stereocenters. The number of nitrogens with one attached hydrogen (secondary N) is 1. The van der Waals surface area contributed by atoms with Crippen molar-refractivity contribution in [2.24, 2.45) is 5.73 Å². The molecule has 2 aromatic heterocycles. The van der Waals surface area contributed by atoms with Crippen LogP contribution < -0.4 is 11.1 Å². The number of alkyl halides is 3. The minimum atomic E-state index is -4.33. The van der Waals surface area contributed by atoms with Crippen LogP contribution in [-0.2, 0) is 30.7 Å². The zero-order valence-corrected chi connectivity index (χ0v) is 17.4. The van der Waals surface area contributed by atoms with E-state index < -0.39 is 18.6 Å². The molecule has 0 bridgehead atoms. The number of aromatic nitrogens is 2. The van der Waals surface area contributed by atoms with Gasteiger partial charge in [-0.25, -0.2) is 4.98 Å². The first-order chi connectivity index (χ1) is 14.1. The van der Waals surface area contributed by atoms with Crippen LogP contribution in [0.3, 0.4) is 0 Å². The molecule has 3 rings (SSSR count). The molecule has 1 aliphatic carbocycles. The molecule has 7 nitrogen and oxygen atoms in total. The van der Waals surface area contributed by atoms with Crippen LogP contribution in [0.5, 0.6) is 0 Å². The number of imidazole rings is 1. The number of anilines is 1. The average Bonchev–Trinajstić information content (AvgIpc) is 3.22. The molecule has 2 heterocycles. The van der Waals surface area contributed by atoms with Crippen LogP contribution >= 0.6 is 11.3 Å². The molecule has 30 heavy (non-hydrogen) atoms. The lowest BCUT2D eigenvalue weighted by molar-refractivity contribution is -0.141. The number of primary amides is 1. The number of hydrogen-bond acceptors (Lipinski definition) is 5. The molecular weight excluding hydrogens is 419 g/mol. The molecule has 0 aromatic carbocycles. The van der Waals surface area contributed by atoms with Crippen LogP contribution in [0.4, 0.5) is 18.2 Å². The maximum Gasteiger partial charge on any atom is 0.406 e. The summed E-state index contributed by atoms with van der Waals surface area (Å²) in [5.41, 5.74) is 6.89. The first-order valence-corrected chi connectivity index (χ1v) is 10.4. The molecule has 1 aliphatic rings. The van der Waals surface area contributed by atoms with Crippen molar-refractivity contribution in [3.63, 3.8) is 0 Å². The Bertz CT molecular complexity index is 922. The first-order valence-electron chi connectivity index (χ1n) is 9.63. The van der Waals surface area contributed by atoms with E-state index in [4.69, 9.17) is 5.73 Å². The SMILES string of the molecule is CN(CCC(=O)Nc1sc2c(c1C(N)=O)CCCC2)Cc1nccn1CC(F)(F)F. The molecule has 0 fully saturated rings. The van der Waals surface area contributed by atoms with E-state index in [1.807, 2.05) is 0 Å². The second kappa shape index (κ2) is 9.17. The maximum atomic E-state index is 12.6. The van der Waals surface area contributed by atoms with Crippen molar-refractivity contribution < 1.29 is 22.8 Å². The van der Waals surface area contributed by atoms with Gasteiger partial charge in [0.1, 0.15) is 17.4 Å². The van der Waals surface area contributed by atoms with Crippen LogP contribution in [0.15, 0.2) is 12.4 Å². The summed E-state index contributed by atoms with van der Waals surface area (Å²) < 4.78 is 38.9. The van der Waals surface area contributed by atoms with E-state index in [1.165, 1.54) is 23.7 Å². The van der Waals surface area contributed by atoms with Gasteiger partial charge in [-0.1, -0.05) is 0 Å². The third kappa shape index (κ3) is 5.60. The predicted molar refractivity (Wildman–Crippen MR) is 107 cm³/mol. The number of halogens is 3. The third-order valence-electron chi connectivity index (χ3n) is 4.95. The number of rotatable bonds is 8. The Morgan fingerprint density at radius 2 is 2.07 bits per heavy atom. The van der Waals surface area contributed by atoms with Gasteiger partial charge in [-0.05, 0) is 38.3 Å². The normalized spacial score (nSPS) is 14.0. The van der Waals surface area contributed by atoms with Gasteiger partial charge < -0.3 is 15.6 Å². The van der Waals surface area contributed by atoms with Crippen LogP contribution in [0.25, 0.3) is 0 Å². The van der Waals surface area contributed by atoms with Crippen molar-refractivity contribution >= 4 is 28.2 Å². The molecule has 11 heteroatoms. The van der Waals surface area contributed by atoms with Gasteiger partial charge in [0.15, 0.2) is 0 Å². The Morgan fingerprint density at radius 3 is 2.77 bits per heavy atom. The monoisotopic (exact) mass is 443 g/mol.